The third-order valence-corrected chi connectivity index (χ3v) is 4.38. The van der Waals surface area contributed by atoms with Crippen molar-refractivity contribution >= 4 is 23.7 Å². The van der Waals surface area contributed by atoms with E-state index in [2.05, 4.69) is 5.32 Å². The zero-order valence-electron chi connectivity index (χ0n) is 12.3. The molecule has 120 valence electrons. The lowest BCUT2D eigenvalue weighted by Crippen LogP contribution is -2.39. The minimum atomic E-state index is -1.21. The number of halogens is 1. The van der Waals surface area contributed by atoms with E-state index in [9.17, 15) is 9.59 Å². The highest BCUT2D eigenvalue weighted by Crippen LogP contribution is 2.40. The molecule has 1 aliphatic rings. The molecule has 1 saturated carbocycles. The molecule has 2 rings (SSSR count). The first-order valence-electron chi connectivity index (χ1n) is 7.40. The van der Waals surface area contributed by atoms with E-state index >= 15 is 0 Å². The third kappa shape index (κ3) is 4.37. The number of carbonyl (C=O) groups is 2. The Morgan fingerprint density at radius 3 is 2.41 bits per heavy atom. The minimum absolute atomic E-state index is 0.309. The van der Waals surface area contributed by atoms with Crippen LogP contribution in [0.4, 0.5) is 4.79 Å². The Labute approximate surface area is 134 Å². The summed E-state index contributed by atoms with van der Waals surface area (Å²) < 4.78 is 5.13. The van der Waals surface area contributed by atoms with Crippen LogP contribution in [0.1, 0.15) is 37.7 Å². The van der Waals surface area contributed by atoms with E-state index in [4.69, 9.17) is 21.4 Å². The molecule has 1 aromatic rings. The average molecular weight is 326 g/mol. The summed E-state index contributed by atoms with van der Waals surface area (Å²) >= 11 is 5.89. The molecule has 0 heterocycles. The first-order chi connectivity index (χ1) is 10.5. The van der Waals surface area contributed by atoms with Crippen LogP contribution in [0.25, 0.3) is 0 Å². The lowest BCUT2D eigenvalue weighted by molar-refractivity contribution is -0.158. The summed E-state index contributed by atoms with van der Waals surface area (Å²) in [5.74, 6) is -0.323. The predicted octanol–water partition coefficient (Wildman–Crippen LogP) is 3.60. The summed E-state index contributed by atoms with van der Waals surface area (Å²) in [5.41, 5.74) is 0.473. The number of carboxylic acid groups (broad SMARTS) is 1. The van der Waals surface area contributed by atoms with Crippen LogP contribution in [-0.2, 0) is 16.0 Å². The quantitative estimate of drug-likeness (QED) is 0.640. The van der Waals surface area contributed by atoms with Crippen molar-refractivity contribution in [3.63, 3.8) is 0 Å². The molecule has 1 aromatic carbocycles. The van der Waals surface area contributed by atoms with E-state index in [1.807, 2.05) is 24.3 Å². The van der Waals surface area contributed by atoms with Gasteiger partial charge in [0.25, 0.3) is 0 Å². The van der Waals surface area contributed by atoms with Gasteiger partial charge in [-0.15, -0.1) is 0 Å². The third-order valence-electron chi connectivity index (χ3n) is 4.13. The Morgan fingerprint density at radius 1 is 1.18 bits per heavy atom. The molecule has 22 heavy (non-hydrogen) atoms. The Kier molecular flexibility index (Phi) is 5.66. The van der Waals surface area contributed by atoms with Crippen molar-refractivity contribution in [1.82, 2.24) is 5.32 Å². The van der Waals surface area contributed by atoms with Gasteiger partial charge < -0.3 is 9.84 Å². The number of hydrogen-bond donors (Lipinski definition) is 2. The normalized spacial score (nSPS) is 16.8. The van der Waals surface area contributed by atoms with Gasteiger partial charge in [0.05, 0.1) is 5.41 Å². The summed E-state index contributed by atoms with van der Waals surface area (Å²) in [5, 5.41) is 11.3. The number of esters is 1. The standard InChI is InChI=1S/C16H20ClNO4/c17-13-6-4-12(5-7-13)10-16(8-2-1-3-9-16)14(19)22-11-18-15(20)21/h4-7,18H,1-3,8-11H2,(H,20,21). The van der Waals surface area contributed by atoms with Crippen molar-refractivity contribution in [2.45, 2.75) is 38.5 Å². The predicted molar refractivity (Wildman–Crippen MR) is 82.8 cm³/mol. The SMILES string of the molecule is O=C(O)NCOC(=O)C1(Cc2ccc(Cl)cc2)CCCCC1. The number of hydrogen-bond acceptors (Lipinski definition) is 3. The van der Waals surface area contributed by atoms with Crippen LogP contribution < -0.4 is 5.32 Å². The maximum Gasteiger partial charge on any atom is 0.407 e. The fourth-order valence-electron chi connectivity index (χ4n) is 2.99. The minimum Gasteiger partial charge on any atom is -0.465 e. The number of benzene rings is 1. The first kappa shape index (κ1) is 16.6. The van der Waals surface area contributed by atoms with E-state index in [0.29, 0.717) is 11.4 Å². The van der Waals surface area contributed by atoms with Gasteiger partial charge in [0.15, 0.2) is 6.73 Å². The zero-order chi connectivity index (χ0) is 16.0. The smallest absolute Gasteiger partial charge is 0.407 e. The molecule has 1 fully saturated rings. The topological polar surface area (TPSA) is 75.6 Å². The fourth-order valence-corrected chi connectivity index (χ4v) is 3.12. The Balaban J connectivity index is 2.07. The molecule has 0 bridgehead atoms. The van der Waals surface area contributed by atoms with Crippen molar-refractivity contribution < 1.29 is 19.4 Å². The van der Waals surface area contributed by atoms with Crippen molar-refractivity contribution in [2.24, 2.45) is 5.41 Å². The Morgan fingerprint density at radius 2 is 1.82 bits per heavy atom. The largest absolute Gasteiger partial charge is 0.465 e. The monoisotopic (exact) mass is 325 g/mol. The number of ether oxygens (including phenoxy) is 1. The molecule has 0 atom stereocenters. The first-order valence-corrected chi connectivity index (χ1v) is 7.78. The summed E-state index contributed by atoms with van der Waals surface area (Å²) in [6, 6.07) is 7.46. The highest BCUT2D eigenvalue weighted by atomic mass is 35.5. The second kappa shape index (κ2) is 7.49. The zero-order valence-corrected chi connectivity index (χ0v) is 13.1. The molecule has 0 unspecified atom stereocenters. The molecule has 6 heteroatoms. The van der Waals surface area contributed by atoms with Crippen LogP contribution in [0.3, 0.4) is 0 Å². The average Bonchev–Trinajstić information content (AvgIpc) is 2.50. The van der Waals surface area contributed by atoms with Crippen LogP contribution in [0.15, 0.2) is 24.3 Å². The number of carbonyl (C=O) groups excluding carboxylic acids is 1. The maximum absolute atomic E-state index is 12.5. The van der Waals surface area contributed by atoms with Crippen LogP contribution in [0, 0.1) is 5.41 Å². The molecule has 1 aliphatic carbocycles. The summed E-state index contributed by atoms with van der Waals surface area (Å²) in [4.78, 5) is 22.9. The highest BCUT2D eigenvalue weighted by molar-refractivity contribution is 6.30. The molecule has 0 saturated heterocycles. The van der Waals surface area contributed by atoms with E-state index < -0.39 is 11.5 Å². The molecular weight excluding hydrogens is 306 g/mol. The molecule has 0 aromatic heterocycles. The Bertz CT molecular complexity index is 523. The molecule has 0 aliphatic heterocycles. The van der Waals surface area contributed by atoms with Crippen LogP contribution in [0.5, 0.6) is 0 Å². The van der Waals surface area contributed by atoms with Crippen molar-refractivity contribution in [3.05, 3.63) is 34.9 Å². The molecule has 2 N–H and O–H groups in total. The van der Waals surface area contributed by atoms with Gasteiger partial charge in [-0.05, 0) is 37.0 Å². The molecule has 5 nitrogen and oxygen atoms in total. The van der Waals surface area contributed by atoms with Gasteiger partial charge in [-0.25, -0.2) is 4.79 Å². The van der Waals surface area contributed by atoms with Crippen molar-refractivity contribution in [2.75, 3.05) is 6.73 Å². The number of amides is 1. The van der Waals surface area contributed by atoms with Gasteiger partial charge in [-0.3, -0.25) is 10.1 Å². The number of rotatable bonds is 5. The van der Waals surface area contributed by atoms with Gasteiger partial charge >= 0.3 is 12.1 Å². The summed E-state index contributed by atoms with van der Waals surface area (Å²) in [6.45, 7) is -0.309. The van der Waals surface area contributed by atoms with Crippen molar-refractivity contribution in [3.8, 4) is 0 Å². The fraction of sp³-hybridized carbons (Fsp3) is 0.500. The second-order valence-corrected chi connectivity index (χ2v) is 6.14. The van der Waals surface area contributed by atoms with E-state index in [1.165, 1.54) is 0 Å². The maximum atomic E-state index is 12.5. The van der Waals surface area contributed by atoms with Crippen LogP contribution in [0.2, 0.25) is 5.02 Å². The summed E-state index contributed by atoms with van der Waals surface area (Å²) in [6.07, 6.45) is 4.00. The van der Waals surface area contributed by atoms with Crippen LogP contribution in [-0.4, -0.2) is 23.9 Å². The highest BCUT2D eigenvalue weighted by Gasteiger charge is 2.41. The van der Waals surface area contributed by atoms with Gasteiger partial charge in [0, 0.05) is 5.02 Å². The van der Waals surface area contributed by atoms with E-state index in [1.54, 1.807) is 0 Å². The molecule has 0 spiro atoms. The van der Waals surface area contributed by atoms with Gasteiger partial charge in [-0.2, -0.15) is 0 Å². The molecular formula is C16H20ClNO4. The van der Waals surface area contributed by atoms with E-state index in [-0.39, 0.29) is 12.7 Å². The number of nitrogens with one attached hydrogen (secondary N) is 1. The summed E-state index contributed by atoms with van der Waals surface area (Å²) in [7, 11) is 0. The van der Waals surface area contributed by atoms with E-state index in [0.717, 1.165) is 37.7 Å². The Hall–Kier alpha value is -1.75. The second-order valence-electron chi connectivity index (χ2n) is 5.70. The molecule has 0 radical (unpaired) electrons. The lowest BCUT2D eigenvalue weighted by atomic mass is 9.70. The van der Waals surface area contributed by atoms with Crippen molar-refractivity contribution in [1.29, 1.82) is 0 Å². The molecule has 1 amide bonds. The van der Waals surface area contributed by atoms with Gasteiger partial charge in [0.2, 0.25) is 0 Å². The van der Waals surface area contributed by atoms with Gasteiger partial charge in [0.1, 0.15) is 0 Å². The lowest BCUT2D eigenvalue weighted by Gasteiger charge is -2.35. The van der Waals surface area contributed by atoms with Gasteiger partial charge in [-0.1, -0.05) is 43.0 Å². The van der Waals surface area contributed by atoms with Crippen LogP contribution >= 0.6 is 11.6 Å².